The van der Waals surface area contributed by atoms with Crippen molar-refractivity contribution in [3.05, 3.63) is 41.3 Å². The van der Waals surface area contributed by atoms with Crippen molar-refractivity contribution in [2.24, 2.45) is 0 Å². The minimum absolute atomic E-state index is 0.104. The lowest BCUT2D eigenvalue weighted by Crippen LogP contribution is -2.35. The molecule has 0 radical (unpaired) electrons. The largest absolute Gasteiger partial charge is 0.308 e. The lowest BCUT2D eigenvalue weighted by Gasteiger charge is -2.20. The van der Waals surface area contributed by atoms with Gasteiger partial charge in [-0.05, 0) is 51.8 Å². The molecule has 0 aliphatic rings. The summed E-state index contributed by atoms with van der Waals surface area (Å²) in [4.78, 5) is 4.45. The summed E-state index contributed by atoms with van der Waals surface area (Å²) in [5, 5.41) is 8.10. The molecule has 0 saturated heterocycles. The van der Waals surface area contributed by atoms with E-state index in [0.29, 0.717) is 0 Å². The first-order chi connectivity index (χ1) is 9.90. The van der Waals surface area contributed by atoms with Crippen LogP contribution in [0.5, 0.6) is 0 Å². The van der Waals surface area contributed by atoms with Gasteiger partial charge in [-0.25, -0.2) is 9.67 Å². The van der Waals surface area contributed by atoms with Crippen LogP contribution in [0, 0.1) is 6.92 Å². The zero-order valence-corrected chi connectivity index (χ0v) is 13.8. The standard InChI is InChI=1S/C17H26N4/c1-6-7-15-14(11-19-17(3,4)5)12-20-21(15)16-10-13(2)8-9-18-16/h8-10,12,19H,6-7,11H2,1-5H3. The highest BCUT2D eigenvalue weighted by Crippen LogP contribution is 2.17. The van der Waals surface area contributed by atoms with Gasteiger partial charge in [0.15, 0.2) is 5.82 Å². The number of rotatable bonds is 5. The number of nitrogens with zero attached hydrogens (tertiary/aromatic N) is 3. The van der Waals surface area contributed by atoms with Crippen LogP contribution in [0.1, 0.15) is 50.9 Å². The summed E-state index contributed by atoms with van der Waals surface area (Å²) >= 11 is 0. The van der Waals surface area contributed by atoms with Gasteiger partial charge in [-0.3, -0.25) is 0 Å². The van der Waals surface area contributed by atoms with Crippen molar-refractivity contribution in [1.82, 2.24) is 20.1 Å². The second-order valence-electron chi connectivity index (χ2n) is 6.57. The first-order valence-corrected chi connectivity index (χ1v) is 7.64. The molecule has 0 aliphatic heterocycles. The second kappa shape index (κ2) is 6.39. The Balaban J connectivity index is 2.32. The number of aromatic nitrogens is 3. The quantitative estimate of drug-likeness (QED) is 0.916. The fourth-order valence-corrected chi connectivity index (χ4v) is 2.25. The van der Waals surface area contributed by atoms with Crippen molar-refractivity contribution in [3.8, 4) is 5.82 Å². The van der Waals surface area contributed by atoms with Gasteiger partial charge in [0.05, 0.1) is 11.9 Å². The topological polar surface area (TPSA) is 42.7 Å². The Labute approximate surface area is 127 Å². The van der Waals surface area contributed by atoms with Crippen molar-refractivity contribution >= 4 is 0 Å². The molecule has 0 spiro atoms. The van der Waals surface area contributed by atoms with E-state index in [1.807, 2.05) is 23.1 Å². The molecule has 21 heavy (non-hydrogen) atoms. The molecule has 0 aliphatic carbocycles. The third-order valence-corrected chi connectivity index (χ3v) is 3.37. The Kier molecular flexibility index (Phi) is 4.78. The van der Waals surface area contributed by atoms with E-state index in [9.17, 15) is 0 Å². The summed E-state index contributed by atoms with van der Waals surface area (Å²) in [5.74, 6) is 0.903. The highest BCUT2D eigenvalue weighted by molar-refractivity contribution is 5.31. The van der Waals surface area contributed by atoms with Crippen LogP contribution in [0.3, 0.4) is 0 Å². The molecule has 0 aromatic carbocycles. The van der Waals surface area contributed by atoms with Gasteiger partial charge in [0.1, 0.15) is 0 Å². The second-order valence-corrected chi connectivity index (χ2v) is 6.57. The highest BCUT2D eigenvalue weighted by Gasteiger charge is 2.15. The molecule has 2 rings (SSSR count). The van der Waals surface area contributed by atoms with Crippen LogP contribution in [-0.4, -0.2) is 20.3 Å². The minimum Gasteiger partial charge on any atom is -0.308 e. The minimum atomic E-state index is 0.104. The number of nitrogens with one attached hydrogen (secondary N) is 1. The van der Waals surface area contributed by atoms with E-state index < -0.39 is 0 Å². The average Bonchev–Trinajstić information content (AvgIpc) is 2.79. The molecule has 114 valence electrons. The molecular formula is C17H26N4. The number of pyridine rings is 1. The van der Waals surface area contributed by atoms with Crippen molar-refractivity contribution < 1.29 is 0 Å². The Morgan fingerprint density at radius 1 is 1.29 bits per heavy atom. The van der Waals surface area contributed by atoms with E-state index in [0.717, 1.165) is 25.2 Å². The lowest BCUT2D eigenvalue weighted by molar-refractivity contribution is 0.423. The number of aryl methyl sites for hydroxylation is 1. The monoisotopic (exact) mass is 286 g/mol. The maximum Gasteiger partial charge on any atom is 0.153 e. The van der Waals surface area contributed by atoms with Crippen LogP contribution in [0.15, 0.2) is 24.5 Å². The molecule has 0 amide bonds. The van der Waals surface area contributed by atoms with Crippen LogP contribution >= 0.6 is 0 Å². The van der Waals surface area contributed by atoms with Crippen LogP contribution in [0.25, 0.3) is 5.82 Å². The molecule has 0 atom stereocenters. The summed E-state index contributed by atoms with van der Waals surface area (Å²) in [7, 11) is 0. The molecule has 0 unspecified atom stereocenters. The molecule has 2 aromatic rings. The normalized spacial score (nSPS) is 11.9. The van der Waals surface area contributed by atoms with E-state index in [-0.39, 0.29) is 5.54 Å². The fraction of sp³-hybridized carbons (Fsp3) is 0.529. The Bertz CT molecular complexity index is 593. The van der Waals surface area contributed by atoms with Crippen molar-refractivity contribution in [3.63, 3.8) is 0 Å². The summed E-state index contributed by atoms with van der Waals surface area (Å²) in [6.45, 7) is 11.7. The van der Waals surface area contributed by atoms with Gasteiger partial charge in [-0.2, -0.15) is 5.10 Å². The van der Waals surface area contributed by atoms with Crippen molar-refractivity contribution in [1.29, 1.82) is 0 Å². The van der Waals surface area contributed by atoms with Crippen LogP contribution in [0.4, 0.5) is 0 Å². The van der Waals surface area contributed by atoms with Gasteiger partial charge < -0.3 is 5.32 Å². The van der Waals surface area contributed by atoms with Gasteiger partial charge in [0.25, 0.3) is 0 Å². The van der Waals surface area contributed by atoms with Gasteiger partial charge >= 0.3 is 0 Å². The molecule has 4 nitrogen and oxygen atoms in total. The summed E-state index contributed by atoms with van der Waals surface area (Å²) < 4.78 is 1.98. The molecule has 0 fully saturated rings. The molecular weight excluding hydrogens is 260 g/mol. The van der Waals surface area contributed by atoms with Gasteiger partial charge in [-0.15, -0.1) is 0 Å². The third kappa shape index (κ3) is 4.14. The van der Waals surface area contributed by atoms with Gasteiger partial charge in [0, 0.05) is 23.8 Å². The lowest BCUT2D eigenvalue weighted by atomic mass is 10.1. The summed E-state index contributed by atoms with van der Waals surface area (Å²) in [6.07, 6.45) is 5.92. The Morgan fingerprint density at radius 3 is 2.67 bits per heavy atom. The van der Waals surface area contributed by atoms with Gasteiger partial charge in [0.2, 0.25) is 0 Å². The maximum absolute atomic E-state index is 4.56. The smallest absolute Gasteiger partial charge is 0.153 e. The molecule has 2 heterocycles. The van der Waals surface area contributed by atoms with Crippen LogP contribution in [0.2, 0.25) is 0 Å². The number of hydrogen-bond acceptors (Lipinski definition) is 3. The fourth-order valence-electron chi connectivity index (χ4n) is 2.25. The molecule has 2 aromatic heterocycles. The van der Waals surface area contributed by atoms with Crippen LogP contribution in [-0.2, 0) is 13.0 Å². The first kappa shape index (κ1) is 15.7. The molecule has 1 N–H and O–H groups in total. The van der Waals surface area contributed by atoms with Crippen molar-refractivity contribution in [2.45, 2.75) is 59.5 Å². The van der Waals surface area contributed by atoms with E-state index >= 15 is 0 Å². The summed E-state index contributed by atoms with van der Waals surface area (Å²) in [6, 6.07) is 4.09. The maximum atomic E-state index is 4.56. The predicted molar refractivity (Wildman–Crippen MR) is 86.7 cm³/mol. The average molecular weight is 286 g/mol. The van der Waals surface area contributed by atoms with E-state index in [2.05, 4.69) is 56.1 Å². The highest BCUT2D eigenvalue weighted by atomic mass is 15.3. The Morgan fingerprint density at radius 2 is 2.05 bits per heavy atom. The number of hydrogen-bond donors (Lipinski definition) is 1. The van der Waals surface area contributed by atoms with Gasteiger partial charge in [-0.1, -0.05) is 13.3 Å². The predicted octanol–water partition coefficient (Wildman–Crippen LogP) is 3.42. The van der Waals surface area contributed by atoms with E-state index in [4.69, 9.17) is 0 Å². The first-order valence-electron chi connectivity index (χ1n) is 7.64. The SMILES string of the molecule is CCCc1c(CNC(C)(C)C)cnn1-c1cc(C)ccn1. The molecule has 0 bridgehead atoms. The summed E-state index contributed by atoms with van der Waals surface area (Å²) in [5.41, 5.74) is 3.82. The van der Waals surface area contributed by atoms with E-state index in [1.165, 1.54) is 16.8 Å². The van der Waals surface area contributed by atoms with Crippen molar-refractivity contribution in [2.75, 3.05) is 0 Å². The van der Waals surface area contributed by atoms with E-state index in [1.54, 1.807) is 0 Å². The molecule has 4 heteroatoms. The van der Waals surface area contributed by atoms with Crippen LogP contribution < -0.4 is 5.32 Å². The zero-order chi connectivity index (χ0) is 15.5. The third-order valence-electron chi connectivity index (χ3n) is 3.37. The zero-order valence-electron chi connectivity index (χ0n) is 13.8. The molecule has 0 saturated carbocycles. The Hall–Kier alpha value is -1.68.